The first kappa shape index (κ1) is 31.2. The van der Waals surface area contributed by atoms with Gasteiger partial charge in [0.15, 0.2) is 0 Å². The molecule has 7 aliphatic rings. The maximum Gasteiger partial charge on any atom is 0.333 e. The summed E-state index contributed by atoms with van der Waals surface area (Å²) in [5.41, 5.74) is 13.2. The zero-order valence-electron chi connectivity index (χ0n) is 27.3. The second-order valence-corrected chi connectivity index (χ2v) is 13.6. The lowest BCUT2D eigenvalue weighted by atomic mass is 9.87. The maximum absolute atomic E-state index is 13.3. The summed E-state index contributed by atoms with van der Waals surface area (Å²) in [6.45, 7) is 12.4. The summed E-state index contributed by atoms with van der Waals surface area (Å²) < 4.78 is 0.775. The SMILES string of the molecule is CCC1=C(C)C2=NC1=CC1=C(C)C3=C(O)CC(=C4NC(=C(Br)C5=NC(=C2)C(CC)=C5C)[C@@H](C)C4CC(=O)ON2C(=O)CCC2=O)C3=N1. The van der Waals surface area contributed by atoms with E-state index in [1.807, 2.05) is 19.9 Å². The van der Waals surface area contributed by atoms with Crippen molar-refractivity contribution in [3.63, 3.8) is 0 Å². The highest BCUT2D eigenvalue weighted by atomic mass is 79.9. The second kappa shape index (κ2) is 11.4. The second-order valence-electron chi connectivity index (χ2n) is 12.8. The third kappa shape index (κ3) is 4.80. The van der Waals surface area contributed by atoms with Crippen molar-refractivity contribution in [2.24, 2.45) is 26.8 Å². The van der Waals surface area contributed by atoms with Crippen molar-refractivity contribution >= 4 is 50.8 Å². The van der Waals surface area contributed by atoms with E-state index in [1.165, 1.54) is 0 Å². The van der Waals surface area contributed by atoms with E-state index in [0.29, 0.717) is 16.3 Å². The minimum atomic E-state index is -0.686. The molecule has 0 aromatic rings. The predicted octanol–water partition coefficient (Wildman–Crippen LogP) is 6.79. The van der Waals surface area contributed by atoms with Gasteiger partial charge in [0.1, 0.15) is 5.76 Å². The van der Waals surface area contributed by atoms with E-state index in [-0.39, 0.29) is 37.4 Å². The number of carbonyl (C=O) groups excluding carboxylic acids is 3. The molecule has 2 fully saturated rings. The number of halogens is 1. The molecule has 8 bridgehead atoms. The molecule has 242 valence electrons. The number of aliphatic hydroxyl groups excluding tert-OH is 1. The molecule has 2 N–H and O–H groups in total. The number of nitrogens with one attached hydrogen (secondary N) is 1. The van der Waals surface area contributed by atoms with E-state index in [1.54, 1.807) is 0 Å². The van der Waals surface area contributed by atoms with Crippen molar-refractivity contribution in [2.75, 3.05) is 0 Å². The highest BCUT2D eigenvalue weighted by molar-refractivity contribution is 9.12. The van der Waals surface area contributed by atoms with Gasteiger partial charge >= 0.3 is 5.97 Å². The molecule has 6 aliphatic heterocycles. The molecule has 2 amide bonds. The number of rotatable bonds is 5. The molecule has 1 unspecified atom stereocenters. The van der Waals surface area contributed by atoms with Crippen LogP contribution < -0.4 is 5.32 Å². The number of hydroxylamine groups is 2. The van der Waals surface area contributed by atoms with Gasteiger partial charge in [0.25, 0.3) is 11.8 Å². The third-order valence-electron chi connectivity index (χ3n) is 10.2. The van der Waals surface area contributed by atoms with Gasteiger partial charge in [-0.15, -0.1) is 5.06 Å². The smallest absolute Gasteiger partial charge is 0.333 e. The fraction of sp³-hybridized carbons (Fsp3) is 0.389. The van der Waals surface area contributed by atoms with Crippen LogP contribution >= 0.6 is 15.9 Å². The molecule has 2 saturated heterocycles. The van der Waals surface area contributed by atoms with E-state index in [9.17, 15) is 19.5 Å². The van der Waals surface area contributed by atoms with Gasteiger partial charge in [-0.1, -0.05) is 20.8 Å². The van der Waals surface area contributed by atoms with Crippen LogP contribution in [0.2, 0.25) is 0 Å². The predicted molar refractivity (Wildman–Crippen MR) is 182 cm³/mol. The van der Waals surface area contributed by atoms with Gasteiger partial charge in [0.05, 0.1) is 45.1 Å². The maximum atomic E-state index is 13.3. The van der Waals surface area contributed by atoms with Crippen LogP contribution in [0, 0.1) is 11.8 Å². The van der Waals surface area contributed by atoms with E-state index < -0.39 is 23.7 Å². The lowest BCUT2D eigenvalue weighted by Gasteiger charge is -2.19. The summed E-state index contributed by atoms with van der Waals surface area (Å²) in [7, 11) is 0. The first-order chi connectivity index (χ1) is 22.4. The molecule has 6 heterocycles. The largest absolute Gasteiger partial charge is 0.511 e. The molecule has 1 aliphatic carbocycles. The van der Waals surface area contributed by atoms with Gasteiger partial charge in [-0.05, 0) is 89.6 Å². The molecule has 0 saturated carbocycles. The van der Waals surface area contributed by atoms with Crippen molar-refractivity contribution < 1.29 is 24.3 Å². The standard InChI is InChI=1S/C36H36BrN5O5/c1-7-19-15(3)23-13-26-20(8-2)16(4)33(40-26)32(37)34-17(5)21(12-30(46)47-42-28(44)9-10-29(42)45)35(41-34)22-11-27(43)31-18(6)24(39-36(22)31)14-25(19)38-23/h13-14,17,21,41,43H,7-12H2,1-6H3/t17-,21?/m0/s1. The number of aliphatic imine (C=N–C) groups is 3. The molecule has 0 spiro atoms. The fourth-order valence-corrected chi connectivity index (χ4v) is 8.41. The Morgan fingerprint density at radius 2 is 1.62 bits per heavy atom. The summed E-state index contributed by atoms with van der Waals surface area (Å²) in [5.74, 6) is -2.16. The number of imide groups is 1. The van der Waals surface area contributed by atoms with E-state index in [4.69, 9.17) is 19.8 Å². The Morgan fingerprint density at radius 3 is 2.30 bits per heavy atom. The minimum absolute atomic E-state index is 0.0217. The first-order valence-corrected chi connectivity index (χ1v) is 16.9. The highest BCUT2D eigenvalue weighted by Crippen LogP contribution is 2.47. The molecule has 47 heavy (non-hydrogen) atoms. The zero-order valence-corrected chi connectivity index (χ0v) is 28.9. The monoisotopic (exact) mass is 697 g/mol. The van der Waals surface area contributed by atoms with Crippen molar-refractivity contribution in [2.45, 2.75) is 80.1 Å². The Kier molecular flexibility index (Phi) is 7.57. The van der Waals surface area contributed by atoms with Crippen LogP contribution in [0.15, 0.2) is 105 Å². The first-order valence-electron chi connectivity index (χ1n) is 16.1. The number of aliphatic hydroxyl groups is 1. The number of carbonyl (C=O) groups is 3. The number of fused-ring (bicyclic) bond motifs is 5. The number of hydrogen-bond acceptors (Lipinski definition) is 9. The topological polar surface area (TPSA) is 133 Å². The molecular weight excluding hydrogens is 662 g/mol. The van der Waals surface area contributed by atoms with E-state index >= 15 is 0 Å². The van der Waals surface area contributed by atoms with Crippen LogP contribution in [0.5, 0.6) is 0 Å². The summed E-state index contributed by atoms with van der Waals surface area (Å²) in [5, 5.41) is 15.5. The van der Waals surface area contributed by atoms with Gasteiger partial charge in [-0.25, -0.2) is 19.8 Å². The molecule has 10 nitrogen and oxygen atoms in total. The lowest BCUT2D eigenvalue weighted by molar-refractivity contribution is -0.198. The number of hydrogen-bond donors (Lipinski definition) is 2. The highest BCUT2D eigenvalue weighted by Gasteiger charge is 2.44. The Morgan fingerprint density at radius 1 is 0.957 bits per heavy atom. The van der Waals surface area contributed by atoms with Crippen molar-refractivity contribution in [3.8, 4) is 0 Å². The summed E-state index contributed by atoms with van der Waals surface area (Å²) in [6, 6.07) is 0. The van der Waals surface area contributed by atoms with Gasteiger partial charge < -0.3 is 15.3 Å². The van der Waals surface area contributed by atoms with Crippen LogP contribution in [0.25, 0.3) is 0 Å². The van der Waals surface area contributed by atoms with Gasteiger partial charge in [-0.2, -0.15) is 0 Å². The van der Waals surface area contributed by atoms with Gasteiger partial charge in [0, 0.05) is 53.6 Å². The molecule has 7 rings (SSSR count). The average Bonchev–Trinajstić information content (AvgIpc) is 3.84. The number of nitrogens with zero attached hydrogens (tertiary/aromatic N) is 4. The molecule has 0 aromatic heterocycles. The summed E-state index contributed by atoms with van der Waals surface area (Å²) in [6.07, 6.45) is 5.85. The summed E-state index contributed by atoms with van der Waals surface area (Å²) >= 11 is 3.89. The van der Waals surface area contributed by atoms with E-state index in [2.05, 4.69) is 55.0 Å². The van der Waals surface area contributed by atoms with Crippen LogP contribution in [0.4, 0.5) is 0 Å². The Bertz CT molecular complexity index is 1960. The van der Waals surface area contributed by atoms with Crippen LogP contribution in [-0.4, -0.2) is 45.1 Å². The van der Waals surface area contributed by atoms with Crippen molar-refractivity contribution in [1.82, 2.24) is 10.4 Å². The van der Waals surface area contributed by atoms with Crippen molar-refractivity contribution in [3.05, 3.63) is 89.9 Å². The minimum Gasteiger partial charge on any atom is -0.511 e. The average molecular weight is 699 g/mol. The molecule has 2 atom stereocenters. The Hall–Kier alpha value is -4.38. The zero-order chi connectivity index (χ0) is 33.5. The number of amides is 2. The molecule has 11 heteroatoms. The van der Waals surface area contributed by atoms with Crippen LogP contribution in [0.1, 0.15) is 80.1 Å². The lowest BCUT2D eigenvalue weighted by Crippen LogP contribution is -2.33. The third-order valence-corrected chi connectivity index (χ3v) is 11.0. The van der Waals surface area contributed by atoms with Gasteiger partial charge in [0.2, 0.25) is 0 Å². The fourth-order valence-electron chi connectivity index (χ4n) is 7.56. The van der Waals surface area contributed by atoms with Crippen LogP contribution in [-0.2, 0) is 19.2 Å². The van der Waals surface area contributed by atoms with Gasteiger partial charge in [-0.3, -0.25) is 9.59 Å². The van der Waals surface area contributed by atoms with Crippen LogP contribution in [0.3, 0.4) is 0 Å². The Balaban J connectivity index is 1.41. The molecule has 0 aromatic carbocycles. The molecule has 0 radical (unpaired) electrons. The number of allylic oxidation sites excluding steroid dienone is 12. The van der Waals surface area contributed by atoms with Crippen molar-refractivity contribution in [1.29, 1.82) is 0 Å². The molecular formula is C36H36BrN5O5. The Labute approximate surface area is 281 Å². The summed E-state index contributed by atoms with van der Waals surface area (Å²) in [4.78, 5) is 58.3. The van der Waals surface area contributed by atoms with E-state index in [0.717, 1.165) is 90.7 Å². The quantitative estimate of drug-likeness (QED) is 0.304. The normalized spacial score (nSPS) is 25.4.